The Bertz CT molecular complexity index is 300. The minimum atomic E-state index is 0.140. The predicted molar refractivity (Wildman–Crippen MR) is 50.6 cm³/mol. The second-order valence-corrected chi connectivity index (χ2v) is 3.05. The Morgan fingerprint density at radius 3 is 2.50 bits per heavy atom. The highest BCUT2D eigenvalue weighted by molar-refractivity contribution is 5.94. The molecule has 0 spiro atoms. The maximum absolute atomic E-state index is 11.0. The number of carbonyl (C=O) groups excluding carboxylic acids is 1. The molecule has 0 atom stereocenters. The van der Waals surface area contributed by atoms with E-state index in [2.05, 4.69) is 6.92 Å². The maximum Gasteiger partial charge on any atom is 0.159 e. The van der Waals surface area contributed by atoms with Crippen LogP contribution in [0.1, 0.15) is 35.3 Å². The van der Waals surface area contributed by atoms with E-state index in [0.717, 1.165) is 12.0 Å². The summed E-state index contributed by atoms with van der Waals surface area (Å²) in [5.74, 6) is 0.140. The van der Waals surface area contributed by atoms with Crippen molar-refractivity contribution in [3.63, 3.8) is 0 Å². The Morgan fingerprint density at radius 1 is 1.42 bits per heavy atom. The minimum absolute atomic E-state index is 0.140. The SMILES string of the molecule is CCc1ccc(C(C)=O)cc1C. The van der Waals surface area contributed by atoms with Gasteiger partial charge in [-0.05, 0) is 37.5 Å². The standard InChI is InChI=1S/C11H14O/c1-4-10-5-6-11(9(3)12)7-8(10)2/h5-7H,4H2,1-3H3. The average molecular weight is 162 g/mol. The number of hydrogen-bond donors (Lipinski definition) is 0. The van der Waals surface area contributed by atoms with Crippen LogP contribution in [0.3, 0.4) is 0 Å². The van der Waals surface area contributed by atoms with Crippen LogP contribution in [0.2, 0.25) is 0 Å². The highest BCUT2D eigenvalue weighted by atomic mass is 16.1. The first-order chi connectivity index (χ1) is 5.65. The van der Waals surface area contributed by atoms with Crippen molar-refractivity contribution in [3.05, 3.63) is 34.9 Å². The van der Waals surface area contributed by atoms with Crippen LogP contribution in [0.5, 0.6) is 0 Å². The number of benzene rings is 1. The van der Waals surface area contributed by atoms with Crippen LogP contribution in [-0.4, -0.2) is 5.78 Å². The molecule has 1 nitrogen and oxygen atoms in total. The van der Waals surface area contributed by atoms with Crippen LogP contribution in [0.4, 0.5) is 0 Å². The van der Waals surface area contributed by atoms with Gasteiger partial charge in [-0.15, -0.1) is 0 Å². The van der Waals surface area contributed by atoms with Crippen molar-refractivity contribution in [2.75, 3.05) is 0 Å². The second-order valence-electron chi connectivity index (χ2n) is 3.05. The van der Waals surface area contributed by atoms with Crippen molar-refractivity contribution in [3.8, 4) is 0 Å². The molecule has 0 amide bonds. The summed E-state index contributed by atoms with van der Waals surface area (Å²) in [7, 11) is 0. The third-order valence-electron chi connectivity index (χ3n) is 2.13. The first kappa shape index (κ1) is 8.98. The molecule has 0 aromatic heterocycles. The van der Waals surface area contributed by atoms with Crippen LogP contribution < -0.4 is 0 Å². The third kappa shape index (κ3) is 1.73. The van der Waals surface area contributed by atoms with E-state index in [1.165, 1.54) is 11.1 Å². The molecular weight excluding hydrogens is 148 g/mol. The summed E-state index contributed by atoms with van der Waals surface area (Å²) >= 11 is 0. The number of Topliss-reactive ketones (excluding diaryl/α,β-unsaturated/α-hetero) is 1. The first-order valence-electron chi connectivity index (χ1n) is 4.25. The molecule has 1 aromatic carbocycles. The fraction of sp³-hybridized carbons (Fsp3) is 0.364. The lowest BCUT2D eigenvalue weighted by Gasteiger charge is -2.03. The van der Waals surface area contributed by atoms with Crippen molar-refractivity contribution < 1.29 is 4.79 Å². The molecule has 1 heteroatoms. The van der Waals surface area contributed by atoms with Crippen LogP contribution in [0, 0.1) is 6.92 Å². The number of carbonyl (C=O) groups is 1. The van der Waals surface area contributed by atoms with E-state index in [1.54, 1.807) is 6.92 Å². The molecule has 0 bridgehead atoms. The lowest BCUT2D eigenvalue weighted by atomic mass is 10.0. The van der Waals surface area contributed by atoms with Gasteiger partial charge in [0.2, 0.25) is 0 Å². The summed E-state index contributed by atoms with van der Waals surface area (Å²) < 4.78 is 0. The highest BCUT2D eigenvalue weighted by Crippen LogP contribution is 2.11. The first-order valence-corrected chi connectivity index (χ1v) is 4.25. The Morgan fingerprint density at radius 2 is 2.08 bits per heavy atom. The molecule has 1 rings (SSSR count). The summed E-state index contributed by atoms with van der Waals surface area (Å²) in [4.78, 5) is 11.0. The summed E-state index contributed by atoms with van der Waals surface area (Å²) in [6.07, 6.45) is 1.03. The fourth-order valence-electron chi connectivity index (χ4n) is 1.31. The normalized spacial score (nSPS) is 9.92. The van der Waals surface area contributed by atoms with Gasteiger partial charge in [0, 0.05) is 5.56 Å². The Kier molecular flexibility index (Phi) is 2.64. The van der Waals surface area contributed by atoms with Crippen molar-refractivity contribution in [2.45, 2.75) is 27.2 Å². The molecule has 0 aliphatic carbocycles. The monoisotopic (exact) mass is 162 g/mol. The van der Waals surface area contributed by atoms with Gasteiger partial charge >= 0.3 is 0 Å². The number of ketones is 1. The van der Waals surface area contributed by atoms with Crippen molar-refractivity contribution >= 4 is 5.78 Å². The van der Waals surface area contributed by atoms with Gasteiger partial charge in [0.15, 0.2) is 5.78 Å². The van der Waals surface area contributed by atoms with Crippen LogP contribution in [0.15, 0.2) is 18.2 Å². The van der Waals surface area contributed by atoms with Crippen molar-refractivity contribution in [1.29, 1.82) is 0 Å². The zero-order valence-electron chi connectivity index (χ0n) is 7.85. The van der Waals surface area contributed by atoms with E-state index in [9.17, 15) is 4.79 Å². The van der Waals surface area contributed by atoms with Crippen LogP contribution >= 0.6 is 0 Å². The second kappa shape index (κ2) is 3.53. The lowest BCUT2D eigenvalue weighted by molar-refractivity contribution is 0.101. The van der Waals surface area contributed by atoms with Crippen molar-refractivity contribution in [2.24, 2.45) is 0 Å². The van der Waals surface area contributed by atoms with E-state index in [1.807, 2.05) is 25.1 Å². The van der Waals surface area contributed by atoms with E-state index in [-0.39, 0.29) is 5.78 Å². The van der Waals surface area contributed by atoms with Gasteiger partial charge in [-0.2, -0.15) is 0 Å². The highest BCUT2D eigenvalue weighted by Gasteiger charge is 2.01. The van der Waals surface area contributed by atoms with Gasteiger partial charge in [-0.3, -0.25) is 4.79 Å². The molecule has 0 saturated carbocycles. The molecule has 1 aromatic rings. The number of aryl methyl sites for hydroxylation is 2. The largest absolute Gasteiger partial charge is 0.295 e. The third-order valence-corrected chi connectivity index (χ3v) is 2.13. The molecule has 0 saturated heterocycles. The smallest absolute Gasteiger partial charge is 0.159 e. The summed E-state index contributed by atoms with van der Waals surface area (Å²) in [6, 6.07) is 5.89. The summed E-state index contributed by atoms with van der Waals surface area (Å²) in [5, 5.41) is 0. The van der Waals surface area contributed by atoms with Gasteiger partial charge in [0.05, 0.1) is 0 Å². The molecule has 0 N–H and O–H groups in total. The molecule has 0 unspecified atom stereocenters. The zero-order valence-corrected chi connectivity index (χ0v) is 7.85. The van der Waals surface area contributed by atoms with E-state index in [0.29, 0.717) is 0 Å². The molecule has 0 heterocycles. The van der Waals surface area contributed by atoms with Gasteiger partial charge in [0.25, 0.3) is 0 Å². The van der Waals surface area contributed by atoms with Gasteiger partial charge in [0.1, 0.15) is 0 Å². The van der Waals surface area contributed by atoms with E-state index < -0.39 is 0 Å². The molecule has 0 aliphatic rings. The molecule has 0 aliphatic heterocycles. The molecule has 0 radical (unpaired) electrons. The maximum atomic E-state index is 11.0. The average Bonchev–Trinajstić information content (AvgIpc) is 2.04. The fourth-order valence-corrected chi connectivity index (χ4v) is 1.31. The summed E-state index contributed by atoms with van der Waals surface area (Å²) in [5.41, 5.74) is 3.34. The molecule has 12 heavy (non-hydrogen) atoms. The number of rotatable bonds is 2. The quantitative estimate of drug-likeness (QED) is 0.611. The lowest BCUT2D eigenvalue weighted by Crippen LogP contribution is -1.94. The Labute approximate surface area is 73.4 Å². The van der Waals surface area contributed by atoms with Crippen molar-refractivity contribution in [1.82, 2.24) is 0 Å². The topological polar surface area (TPSA) is 17.1 Å². The Balaban J connectivity index is 3.10. The molecular formula is C11H14O. The molecule has 64 valence electrons. The van der Waals surface area contributed by atoms with Crippen LogP contribution in [-0.2, 0) is 6.42 Å². The Hall–Kier alpha value is -1.11. The minimum Gasteiger partial charge on any atom is -0.295 e. The predicted octanol–water partition coefficient (Wildman–Crippen LogP) is 2.76. The summed E-state index contributed by atoms with van der Waals surface area (Å²) in [6.45, 7) is 5.77. The van der Waals surface area contributed by atoms with E-state index in [4.69, 9.17) is 0 Å². The van der Waals surface area contributed by atoms with Crippen LogP contribution in [0.25, 0.3) is 0 Å². The van der Waals surface area contributed by atoms with E-state index >= 15 is 0 Å². The van der Waals surface area contributed by atoms with Gasteiger partial charge in [-0.1, -0.05) is 19.1 Å². The van der Waals surface area contributed by atoms with Gasteiger partial charge < -0.3 is 0 Å². The zero-order chi connectivity index (χ0) is 9.14. The molecule has 0 fully saturated rings. The number of hydrogen-bond acceptors (Lipinski definition) is 1. The van der Waals surface area contributed by atoms with Gasteiger partial charge in [-0.25, -0.2) is 0 Å².